The van der Waals surface area contributed by atoms with Gasteiger partial charge in [-0.2, -0.15) is 0 Å². The third kappa shape index (κ3) is 3.72. The summed E-state index contributed by atoms with van der Waals surface area (Å²) in [5.74, 6) is 0.0402. The highest BCUT2D eigenvalue weighted by Crippen LogP contribution is 2.43. The molecule has 0 aliphatic rings. The maximum atomic E-state index is 12.5. The maximum absolute atomic E-state index is 12.5. The fraction of sp³-hybridized carbons (Fsp3) is 0.500. The molecule has 0 unspecified atom stereocenters. The molecular formula is C18H28O2Si. The molecule has 2 nitrogen and oxygen atoms in total. The summed E-state index contributed by atoms with van der Waals surface area (Å²) in [6.45, 7) is 16.3. The van der Waals surface area contributed by atoms with E-state index in [0.29, 0.717) is 6.42 Å². The molecule has 1 atom stereocenters. The minimum Gasteiger partial charge on any atom is -0.400 e. The number of carbonyl (C=O) groups excluding carboxylic acids is 1. The summed E-state index contributed by atoms with van der Waals surface area (Å²) in [4.78, 5) is 12.5. The predicted molar refractivity (Wildman–Crippen MR) is 91.9 cm³/mol. The van der Waals surface area contributed by atoms with Crippen molar-refractivity contribution in [2.24, 2.45) is 0 Å². The SMILES string of the molecule is C=CC[C@](O[Si](C)(C)C(C)(C)C)(C(C)=O)c1ccccc1. The average Bonchev–Trinajstić information content (AvgIpc) is 2.37. The second-order valence-corrected chi connectivity index (χ2v) is 11.8. The predicted octanol–water partition coefficient (Wildman–Crippen LogP) is 5.07. The molecule has 0 heterocycles. The third-order valence-corrected chi connectivity index (χ3v) is 8.95. The summed E-state index contributed by atoms with van der Waals surface area (Å²) in [7, 11) is -2.09. The smallest absolute Gasteiger partial charge is 0.193 e. The highest BCUT2D eigenvalue weighted by molar-refractivity contribution is 6.74. The zero-order valence-electron chi connectivity index (χ0n) is 14.2. The van der Waals surface area contributed by atoms with Gasteiger partial charge in [-0.05, 0) is 30.6 Å². The second kappa shape index (κ2) is 6.28. The van der Waals surface area contributed by atoms with Crippen LogP contribution < -0.4 is 0 Å². The molecule has 1 rings (SSSR count). The molecule has 0 N–H and O–H groups in total. The lowest BCUT2D eigenvalue weighted by Gasteiger charge is -2.44. The van der Waals surface area contributed by atoms with Gasteiger partial charge in [0.2, 0.25) is 0 Å². The van der Waals surface area contributed by atoms with Gasteiger partial charge in [0.05, 0.1) is 0 Å². The number of hydrogen-bond donors (Lipinski definition) is 0. The quantitative estimate of drug-likeness (QED) is 0.542. The highest BCUT2D eigenvalue weighted by Gasteiger charge is 2.47. The van der Waals surface area contributed by atoms with Crippen LogP contribution in [0.2, 0.25) is 18.1 Å². The van der Waals surface area contributed by atoms with E-state index < -0.39 is 13.9 Å². The van der Waals surface area contributed by atoms with Crippen LogP contribution in [0, 0.1) is 0 Å². The lowest BCUT2D eigenvalue weighted by Crippen LogP contribution is -2.51. The van der Waals surface area contributed by atoms with Crippen molar-refractivity contribution in [1.29, 1.82) is 0 Å². The van der Waals surface area contributed by atoms with Crippen LogP contribution in [0.25, 0.3) is 0 Å². The first kappa shape index (κ1) is 17.9. The molecule has 0 aliphatic carbocycles. The van der Waals surface area contributed by atoms with Gasteiger partial charge >= 0.3 is 0 Å². The summed E-state index contributed by atoms with van der Waals surface area (Å²) in [5.41, 5.74) is 0.00802. The molecule has 0 saturated carbocycles. The summed E-state index contributed by atoms with van der Waals surface area (Å²) in [6, 6.07) is 9.79. The molecule has 0 fully saturated rings. The van der Waals surface area contributed by atoms with E-state index in [9.17, 15) is 4.79 Å². The Balaban J connectivity index is 3.39. The Hall–Kier alpha value is -1.19. The first-order chi connectivity index (χ1) is 9.57. The molecule has 0 amide bonds. The minimum absolute atomic E-state index is 0.0402. The molecule has 1 aromatic rings. The molecule has 116 valence electrons. The average molecular weight is 305 g/mol. The van der Waals surface area contributed by atoms with E-state index in [1.165, 1.54) is 0 Å². The van der Waals surface area contributed by atoms with Crippen LogP contribution >= 0.6 is 0 Å². The van der Waals surface area contributed by atoms with Gasteiger partial charge < -0.3 is 4.43 Å². The molecule has 0 spiro atoms. The van der Waals surface area contributed by atoms with Gasteiger partial charge in [-0.15, -0.1) is 6.58 Å². The van der Waals surface area contributed by atoms with Crippen molar-refractivity contribution < 1.29 is 9.22 Å². The van der Waals surface area contributed by atoms with E-state index in [2.05, 4.69) is 40.4 Å². The third-order valence-electron chi connectivity index (χ3n) is 4.48. The number of hydrogen-bond acceptors (Lipinski definition) is 2. The lowest BCUT2D eigenvalue weighted by molar-refractivity contribution is -0.134. The van der Waals surface area contributed by atoms with Crippen LogP contribution in [0.15, 0.2) is 43.0 Å². The van der Waals surface area contributed by atoms with Crippen molar-refractivity contribution in [3.05, 3.63) is 48.6 Å². The molecule has 0 aromatic heterocycles. The van der Waals surface area contributed by atoms with Crippen molar-refractivity contribution in [1.82, 2.24) is 0 Å². The van der Waals surface area contributed by atoms with E-state index in [1.807, 2.05) is 30.3 Å². The van der Waals surface area contributed by atoms with E-state index in [4.69, 9.17) is 4.43 Å². The molecule has 1 aromatic carbocycles. The van der Waals surface area contributed by atoms with Crippen LogP contribution in [0.1, 0.15) is 39.7 Å². The van der Waals surface area contributed by atoms with Crippen molar-refractivity contribution >= 4 is 14.1 Å². The summed E-state index contributed by atoms with van der Waals surface area (Å²) in [6.07, 6.45) is 2.28. The van der Waals surface area contributed by atoms with Crippen LogP contribution in [0.4, 0.5) is 0 Å². The van der Waals surface area contributed by atoms with Crippen LogP contribution in [-0.2, 0) is 14.8 Å². The molecule has 0 radical (unpaired) electrons. The zero-order valence-corrected chi connectivity index (χ0v) is 15.2. The Morgan fingerprint density at radius 3 is 2.14 bits per heavy atom. The summed E-state index contributed by atoms with van der Waals surface area (Å²) in [5, 5.41) is 0.0453. The maximum Gasteiger partial charge on any atom is 0.193 e. The fourth-order valence-corrected chi connectivity index (χ4v) is 3.66. The van der Waals surface area contributed by atoms with Crippen LogP contribution in [0.3, 0.4) is 0 Å². The molecule has 0 aliphatic heterocycles. The Bertz CT molecular complexity index is 500. The molecular weight excluding hydrogens is 276 g/mol. The largest absolute Gasteiger partial charge is 0.400 e. The second-order valence-electron chi connectivity index (χ2n) is 7.10. The molecule has 0 bridgehead atoms. The Kier molecular flexibility index (Phi) is 5.34. The number of benzene rings is 1. The van der Waals surface area contributed by atoms with E-state index in [-0.39, 0.29) is 10.8 Å². The molecule has 0 saturated heterocycles. The van der Waals surface area contributed by atoms with Gasteiger partial charge in [0.1, 0.15) is 5.60 Å². The van der Waals surface area contributed by atoms with Crippen molar-refractivity contribution in [2.45, 2.75) is 57.8 Å². The number of Topliss-reactive ketones (excluding diaryl/α,β-unsaturated/α-hetero) is 1. The Morgan fingerprint density at radius 1 is 1.24 bits per heavy atom. The number of ketones is 1. The van der Waals surface area contributed by atoms with Crippen molar-refractivity contribution in [3.63, 3.8) is 0 Å². The normalized spacial score (nSPS) is 15.3. The van der Waals surface area contributed by atoms with Crippen molar-refractivity contribution in [3.8, 4) is 0 Å². The van der Waals surface area contributed by atoms with Crippen molar-refractivity contribution in [2.75, 3.05) is 0 Å². The van der Waals surface area contributed by atoms with E-state index in [0.717, 1.165) is 5.56 Å². The standard InChI is InChI=1S/C18H28O2Si/c1-8-14-18(15(2)19,16-12-10-9-11-13-16)20-21(6,7)17(3,4)5/h8-13H,1,14H2,2-7H3/t18-/m0/s1. The van der Waals surface area contributed by atoms with Gasteiger partial charge in [0, 0.05) is 6.42 Å². The minimum atomic E-state index is -2.09. The van der Waals surface area contributed by atoms with Gasteiger partial charge in [-0.1, -0.05) is 57.2 Å². The zero-order chi connectivity index (χ0) is 16.3. The number of rotatable bonds is 6. The van der Waals surface area contributed by atoms with Crippen LogP contribution in [-0.4, -0.2) is 14.1 Å². The lowest BCUT2D eigenvalue weighted by atomic mass is 9.87. The Morgan fingerprint density at radius 2 is 1.76 bits per heavy atom. The topological polar surface area (TPSA) is 26.3 Å². The fourth-order valence-electron chi connectivity index (χ4n) is 2.14. The van der Waals surface area contributed by atoms with Gasteiger partial charge in [0.15, 0.2) is 14.1 Å². The van der Waals surface area contributed by atoms with E-state index in [1.54, 1.807) is 13.0 Å². The van der Waals surface area contributed by atoms with Gasteiger partial charge in [-0.3, -0.25) is 4.79 Å². The summed E-state index contributed by atoms with van der Waals surface area (Å²) >= 11 is 0. The summed E-state index contributed by atoms with van der Waals surface area (Å²) < 4.78 is 6.60. The first-order valence-electron chi connectivity index (χ1n) is 7.44. The molecule has 3 heteroatoms. The monoisotopic (exact) mass is 304 g/mol. The Labute approximate surface area is 130 Å². The first-order valence-corrected chi connectivity index (χ1v) is 10.4. The highest BCUT2D eigenvalue weighted by atomic mass is 28.4. The van der Waals surface area contributed by atoms with Gasteiger partial charge in [0.25, 0.3) is 0 Å². The molecule has 21 heavy (non-hydrogen) atoms. The van der Waals surface area contributed by atoms with E-state index >= 15 is 0 Å². The number of carbonyl (C=O) groups is 1. The van der Waals surface area contributed by atoms with Crippen LogP contribution in [0.5, 0.6) is 0 Å². The van der Waals surface area contributed by atoms with Gasteiger partial charge in [-0.25, -0.2) is 0 Å².